The lowest BCUT2D eigenvalue weighted by Crippen LogP contribution is -2.10. The molecule has 11 rings (SSSR count). The number of hydrogen-bond donors (Lipinski definition) is 0. The number of aromatic nitrogens is 1. The van der Waals surface area contributed by atoms with Crippen LogP contribution in [0.5, 0.6) is 0 Å². The highest BCUT2D eigenvalue weighted by Crippen LogP contribution is 2.44. The maximum Gasteiger partial charge on any atom is 0.0561 e. The fourth-order valence-electron chi connectivity index (χ4n) is 8.71. The zero-order chi connectivity index (χ0) is 38.4. The van der Waals surface area contributed by atoms with Crippen LogP contribution >= 0.6 is 0 Å². The van der Waals surface area contributed by atoms with Gasteiger partial charge in [0.05, 0.1) is 11.0 Å². The Balaban J connectivity index is 1.15. The van der Waals surface area contributed by atoms with E-state index in [2.05, 4.69) is 240 Å². The highest BCUT2D eigenvalue weighted by atomic mass is 15.1. The van der Waals surface area contributed by atoms with Crippen LogP contribution in [-0.2, 0) is 0 Å². The Morgan fingerprint density at radius 1 is 0.276 bits per heavy atom. The van der Waals surface area contributed by atoms with Crippen LogP contribution in [0.2, 0.25) is 0 Å². The molecule has 0 aliphatic carbocycles. The second-order valence-electron chi connectivity index (χ2n) is 15.0. The lowest BCUT2D eigenvalue weighted by atomic mass is 9.91. The monoisotopic (exact) mass is 738 g/mol. The molecule has 2 nitrogen and oxygen atoms in total. The molecule has 0 aliphatic rings. The summed E-state index contributed by atoms with van der Waals surface area (Å²) in [7, 11) is 0. The first kappa shape index (κ1) is 33.6. The number of nitrogens with zero attached hydrogens (tertiary/aromatic N) is 2. The van der Waals surface area contributed by atoms with E-state index in [-0.39, 0.29) is 0 Å². The quantitative estimate of drug-likeness (QED) is 0.158. The maximum atomic E-state index is 2.41. The molecular formula is C56H38N2. The number of para-hydroxylation sites is 2. The molecule has 0 radical (unpaired) electrons. The Morgan fingerprint density at radius 3 is 1.48 bits per heavy atom. The molecule has 1 heterocycles. The zero-order valence-corrected chi connectivity index (χ0v) is 31.8. The van der Waals surface area contributed by atoms with Crippen LogP contribution in [0.1, 0.15) is 0 Å². The zero-order valence-electron chi connectivity index (χ0n) is 31.8. The van der Waals surface area contributed by atoms with Gasteiger partial charge in [-0.3, -0.25) is 0 Å². The van der Waals surface area contributed by atoms with Crippen LogP contribution in [0, 0.1) is 0 Å². The first-order chi connectivity index (χ1) is 28.7. The molecule has 0 N–H and O–H groups in total. The summed E-state index contributed by atoms with van der Waals surface area (Å²) in [5.74, 6) is 0. The fraction of sp³-hybridized carbons (Fsp3) is 0. The van der Waals surface area contributed by atoms with Crippen molar-refractivity contribution < 1.29 is 0 Å². The molecular weight excluding hydrogens is 701 g/mol. The predicted molar refractivity (Wildman–Crippen MR) is 247 cm³/mol. The number of hydrogen-bond acceptors (Lipinski definition) is 1. The molecule has 0 aliphatic heterocycles. The topological polar surface area (TPSA) is 8.17 Å². The molecule has 0 saturated carbocycles. The first-order valence-corrected chi connectivity index (χ1v) is 19.9. The molecule has 58 heavy (non-hydrogen) atoms. The third-order valence-corrected chi connectivity index (χ3v) is 11.5. The van der Waals surface area contributed by atoms with Crippen LogP contribution in [0.4, 0.5) is 17.1 Å². The normalized spacial score (nSPS) is 11.4. The Labute approximate surface area is 338 Å². The van der Waals surface area contributed by atoms with Gasteiger partial charge in [0.25, 0.3) is 0 Å². The van der Waals surface area contributed by atoms with Crippen LogP contribution in [0.25, 0.3) is 82.4 Å². The summed E-state index contributed by atoms with van der Waals surface area (Å²) in [5, 5.41) is 7.40. The van der Waals surface area contributed by atoms with Crippen molar-refractivity contribution in [2.24, 2.45) is 0 Å². The van der Waals surface area contributed by atoms with E-state index in [1.165, 1.54) is 76.7 Å². The van der Waals surface area contributed by atoms with Crippen molar-refractivity contribution in [3.05, 3.63) is 231 Å². The number of fused-ring (bicyclic) bond motifs is 5. The van der Waals surface area contributed by atoms with Gasteiger partial charge in [-0.25, -0.2) is 0 Å². The molecule has 1 aromatic heterocycles. The molecule has 0 fully saturated rings. The lowest BCUT2D eigenvalue weighted by molar-refractivity contribution is 1.18. The van der Waals surface area contributed by atoms with E-state index < -0.39 is 0 Å². The Hall–Kier alpha value is -7.68. The van der Waals surface area contributed by atoms with Crippen molar-refractivity contribution in [3.63, 3.8) is 0 Å². The molecule has 0 bridgehead atoms. The number of benzene rings is 10. The minimum atomic E-state index is 1.09. The van der Waals surface area contributed by atoms with E-state index in [4.69, 9.17) is 0 Å². The average molecular weight is 739 g/mol. The highest BCUT2D eigenvalue weighted by molar-refractivity contribution is 6.10. The minimum absolute atomic E-state index is 1.09. The van der Waals surface area contributed by atoms with Crippen LogP contribution < -0.4 is 4.90 Å². The third-order valence-electron chi connectivity index (χ3n) is 11.5. The Kier molecular flexibility index (Phi) is 8.19. The van der Waals surface area contributed by atoms with Crippen LogP contribution in [0.3, 0.4) is 0 Å². The van der Waals surface area contributed by atoms with E-state index in [9.17, 15) is 0 Å². The van der Waals surface area contributed by atoms with E-state index in [1.54, 1.807) is 0 Å². The van der Waals surface area contributed by atoms with Gasteiger partial charge in [0, 0.05) is 33.5 Å². The lowest BCUT2D eigenvalue weighted by Gasteiger charge is -2.27. The SMILES string of the molecule is c1ccc(-c2ccc(N(c3ccc(-c4ccc5ccccc5c4)c(-c4ccc5ccccc5c4)c3)c3ccc4c5ccccc5n(-c5ccccc5)c4c3)cc2)cc1. The van der Waals surface area contributed by atoms with Gasteiger partial charge in [0.2, 0.25) is 0 Å². The van der Waals surface area contributed by atoms with Crippen LogP contribution in [-0.4, -0.2) is 4.57 Å². The van der Waals surface area contributed by atoms with Crippen molar-refractivity contribution in [2.75, 3.05) is 4.90 Å². The Morgan fingerprint density at radius 2 is 0.776 bits per heavy atom. The maximum absolute atomic E-state index is 2.41. The highest BCUT2D eigenvalue weighted by Gasteiger charge is 2.20. The fourth-order valence-corrected chi connectivity index (χ4v) is 8.71. The van der Waals surface area contributed by atoms with Crippen molar-refractivity contribution in [3.8, 4) is 39.1 Å². The van der Waals surface area contributed by atoms with E-state index in [0.717, 1.165) is 22.7 Å². The molecule has 0 saturated heterocycles. The molecule has 2 heteroatoms. The summed E-state index contributed by atoms with van der Waals surface area (Å²) < 4.78 is 2.40. The summed E-state index contributed by atoms with van der Waals surface area (Å²) in [5.41, 5.74) is 13.9. The van der Waals surface area contributed by atoms with Gasteiger partial charge in [0.15, 0.2) is 0 Å². The van der Waals surface area contributed by atoms with Crippen LogP contribution in [0.15, 0.2) is 231 Å². The molecule has 0 unspecified atom stereocenters. The van der Waals surface area contributed by atoms with E-state index in [1.807, 2.05) is 0 Å². The van der Waals surface area contributed by atoms with Crippen molar-refractivity contribution in [1.82, 2.24) is 4.57 Å². The number of anilines is 3. The molecule has 272 valence electrons. The van der Waals surface area contributed by atoms with E-state index in [0.29, 0.717) is 0 Å². The summed E-state index contributed by atoms with van der Waals surface area (Å²) >= 11 is 0. The smallest absolute Gasteiger partial charge is 0.0561 e. The van der Waals surface area contributed by atoms with Gasteiger partial charge in [0.1, 0.15) is 0 Å². The van der Waals surface area contributed by atoms with Crippen molar-refractivity contribution >= 4 is 60.4 Å². The molecule has 0 amide bonds. The van der Waals surface area contributed by atoms with E-state index >= 15 is 0 Å². The van der Waals surface area contributed by atoms with Gasteiger partial charge < -0.3 is 9.47 Å². The van der Waals surface area contributed by atoms with Gasteiger partial charge in [-0.1, -0.05) is 164 Å². The second-order valence-corrected chi connectivity index (χ2v) is 15.0. The average Bonchev–Trinajstić information content (AvgIpc) is 3.63. The summed E-state index contributed by atoms with van der Waals surface area (Å²) in [6, 6.07) is 83.9. The minimum Gasteiger partial charge on any atom is -0.310 e. The molecule has 11 aromatic rings. The number of rotatable bonds is 7. The van der Waals surface area contributed by atoms with Crippen molar-refractivity contribution in [2.45, 2.75) is 0 Å². The first-order valence-electron chi connectivity index (χ1n) is 19.9. The second kappa shape index (κ2) is 14.1. The predicted octanol–water partition coefficient (Wildman–Crippen LogP) is 15.6. The van der Waals surface area contributed by atoms with Gasteiger partial charge in [-0.15, -0.1) is 0 Å². The van der Waals surface area contributed by atoms with Gasteiger partial charge in [-0.2, -0.15) is 0 Å². The van der Waals surface area contributed by atoms with Crippen molar-refractivity contribution in [1.29, 1.82) is 0 Å². The van der Waals surface area contributed by atoms with Gasteiger partial charge >= 0.3 is 0 Å². The molecule has 10 aromatic carbocycles. The largest absolute Gasteiger partial charge is 0.310 e. The Bertz CT molecular complexity index is 3270. The van der Waals surface area contributed by atoms with Gasteiger partial charge in [-0.05, 0) is 122 Å². The summed E-state index contributed by atoms with van der Waals surface area (Å²) in [4.78, 5) is 2.41. The summed E-state index contributed by atoms with van der Waals surface area (Å²) in [6.07, 6.45) is 0. The summed E-state index contributed by atoms with van der Waals surface area (Å²) in [6.45, 7) is 0. The standard InChI is InChI=1S/C56H38N2/c1-3-13-39(14-4-1)42-27-29-48(30-28-42)57(50-32-34-53-52-21-11-12-22-55(52)58(56(53)38-50)47-19-5-2-6-20-47)49-31-33-51(45-25-23-40-15-7-9-17-43(40)35-45)54(37-49)46-26-24-41-16-8-10-18-44(41)36-46/h1-38H. The molecule has 0 atom stereocenters. The third kappa shape index (κ3) is 5.91. The molecule has 0 spiro atoms.